The van der Waals surface area contributed by atoms with E-state index >= 15 is 0 Å². The molecule has 4 nitrogen and oxygen atoms in total. The van der Waals surface area contributed by atoms with E-state index in [1.807, 2.05) is 18.0 Å². The summed E-state index contributed by atoms with van der Waals surface area (Å²) in [4.78, 5) is 16.7. The van der Waals surface area contributed by atoms with Gasteiger partial charge in [0, 0.05) is 13.1 Å². The highest BCUT2D eigenvalue weighted by Crippen LogP contribution is 2.45. The number of hydrogen-bond acceptors (Lipinski definition) is 3. The molecule has 21 heavy (non-hydrogen) atoms. The lowest BCUT2D eigenvalue weighted by molar-refractivity contribution is -0.131. The van der Waals surface area contributed by atoms with Gasteiger partial charge in [-0.1, -0.05) is 19.1 Å². The predicted octanol–water partition coefficient (Wildman–Crippen LogP) is 1.74. The summed E-state index contributed by atoms with van der Waals surface area (Å²) in [5.41, 5.74) is 0.452. The Morgan fingerprint density at radius 1 is 1.48 bits per heavy atom. The molecule has 1 saturated heterocycles. The predicted molar refractivity (Wildman–Crippen MR) is 79.1 cm³/mol. The molecule has 1 heterocycles. The van der Waals surface area contributed by atoms with Gasteiger partial charge < -0.3 is 9.80 Å². The Hall–Kier alpha value is -1.46. The van der Waals surface area contributed by atoms with Crippen LogP contribution in [0.2, 0.25) is 0 Å². The SMILES string of the molecule is CCN(C)CCN1C(=O)C2(CC2)NC1c1cccc(F)c1. The lowest BCUT2D eigenvalue weighted by atomic mass is 10.1. The summed E-state index contributed by atoms with van der Waals surface area (Å²) in [7, 11) is 2.04. The van der Waals surface area contributed by atoms with Gasteiger partial charge in [-0.2, -0.15) is 0 Å². The molecule has 2 fully saturated rings. The Balaban J connectivity index is 1.81. The molecule has 1 atom stereocenters. The average molecular weight is 291 g/mol. The lowest BCUT2D eigenvalue weighted by Crippen LogP contribution is -2.37. The van der Waals surface area contributed by atoms with Crippen LogP contribution >= 0.6 is 0 Å². The smallest absolute Gasteiger partial charge is 0.244 e. The number of benzene rings is 1. The first-order valence-corrected chi connectivity index (χ1v) is 7.58. The number of halogens is 1. The van der Waals surface area contributed by atoms with Gasteiger partial charge in [0.2, 0.25) is 5.91 Å². The normalized spacial score (nSPS) is 23.3. The van der Waals surface area contributed by atoms with Crippen LogP contribution < -0.4 is 5.32 Å². The zero-order valence-corrected chi connectivity index (χ0v) is 12.6. The minimum atomic E-state index is -0.373. The fourth-order valence-corrected chi connectivity index (χ4v) is 2.88. The highest BCUT2D eigenvalue weighted by molar-refractivity contribution is 5.92. The van der Waals surface area contributed by atoms with Gasteiger partial charge in [-0.3, -0.25) is 10.1 Å². The number of carbonyl (C=O) groups is 1. The zero-order valence-electron chi connectivity index (χ0n) is 12.6. The molecule has 1 aromatic carbocycles. The van der Waals surface area contributed by atoms with E-state index in [1.165, 1.54) is 12.1 Å². The molecule has 1 amide bonds. The minimum absolute atomic E-state index is 0.168. The summed E-state index contributed by atoms with van der Waals surface area (Å²) in [6.45, 7) is 4.53. The third kappa shape index (κ3) is 2.68. The lowest BCUT2D eigenvalue weighted by Gasteiger charge is -2.26. The molecule has 1 spiro atoms. The van der Waals surface area contributed by atoms with Gasteiger partial charge in [-0.15, -0.1) is 0 Å². The van der Waals surface area contributed by atoms with Gasteiger partial charge in [0.1, 0.15) is 17.5 Å². The van der Waals surface area contributed by atoms with Crippen LogP contribution in [0.3, 0.4) is 0 Å². The van der Waals surface area contributed by atoms with Crippen LogP contribution in [0.25, 0.3) is 0 Å². The van der Waals surface area contributed by atoms with Gasteiger partial charge in [-0.25, -0.2) is 4.39 Å². The summed E-state index contributed by atoms with van der Waals surface area (Å²) in [6, 6.07) is 6.53. The summed E-state index contributed by atoms with van der Waals surface area (Å²) in [6.07, 6.45) is 1.57. The van der Waals surface area contributed by atoms with Gasteiger partial charge in [0.05, 0.1) is 0 Å². The Bertz CT molecular complexity index is 544. The fourth-order valence-electron chi connectivity index (χ4n) is 2.88. The van der Waals surface area contributed by atoms with Crippen molar-refractivity contribution < 1.29 is 9.18 Å². The number of amides is 1. The van der Waals surface area contributed by atoms with E-state index in [0.29, 0.717) is 6.54 Å². The molecule has 2 aliphatic rings. The molecule has 0 aromatic heterocycles. The van der Waals surface area contributed by atoms with E-state index in [1.54, 1.807) is 6.07 Å². The molecule has 114 valence electrons. The van der Waals surface area contributed by atoms with E-state index < -0.39 is 0 Å². The molecule has 1 aromatic rings. The van der Waals surface area contributed by atoms with Gasteiger partial charge >= 0.3 is 0 Å². The average Bonchev–Trinajstić information content (AvgIpc) is 3.20. The minimum Gasteiger partial charge on any atom is -0.320 e. The topological polar surface area (TPSA) is 35.6 Å². The highest BCUT2D eigenvalue weighted by atomic mass is 19.1. The van der Waals surface area contributed by atoms with Crippen LogP contribution in [-0.4, -0.2) is 47.9 Å². The van der Waals surface area contributed by atoms with Crippen molar-refractivity contribution in [3.05, 3.63) is 35.6 Å². The van der Waals surface area contributed by atoms with E-state index in [0.717, 1.165) is 31.5 Å². The standard InChI is InChI=1S/C16H22FN3O/c1-3-19(2)9-10-20-14(12-5-4-6-13(17)11-12)18-16(7-8-16)15(20)21/h4-6,11,14,18H,3,7-10H2,1-2H3. The molecule has 1 saturated carbocycles. The number of rotatable bonds is 5. The fraction of sp³-hybridized carbons (Fsp3) is 0.562. The zero-order chi connectivity index (χ0) is 15.0. The molecular weight excluding hydrogens is 269 g/mol. The van der Waals surface area contributed by atoms with Crippen LogP contribution in [0.4, 0.5) is 4.39 Å². The van der Waals surface area contributed by atoms with Crippen molar-refractivity contribution in [1.82, 2.24) is 15.1 Å². The molecule has 0 bridgehead atoms. The molecule has 1 unspecified atom stereocenters. The second-order valence-electron chi connectivity index (χ2n) is 6.08. The van der Waals surface area contributed by atoms with Crippen LogP contribution in [0.1, 0.15) is 31.5 Å². The van der Waals surface area contributed by atoms with Crippen molar-refractivity contribution in [3.8, 4) is 0 Å². The Morgan fingerprint density at radius 3 is 2.86 bits per heavy atom. The number of nitrogens with zero attached hydrogens (tertiary/aromatic N) is 2. The third-order valence-electron chi connectivity index (χ3n) is 4.57. The first-order chi connectivity index (χ1) is 10.1. The number of nitrogens with one attached hydrogen (secondary N) is 1. The molecule has 5 heteroatoms. The van der Waals surface area contributed by atoms with E-state index in [4.69, 9.17) is 0 Å². The van der Waals surface area contributed by atoms with Gasteiger partial charge in [0.15, 0.2) is 0 Å². The number of likely N-dealkylation sites (N-methyl/N-ethyl adjacent to an activating group) is 1. The Labute approximate surface area is 124 Å². The highest BCUT2D eigenvalue weighted by Gasteiger charge is 2.59. The summed E-state index contributed by atoms with van der Waals surface area (Å²) in [5.74, 6) is -0.0922. The first-order valence-electron chi connectivity index (χ1n) is 7.58. The van der Waals surface area contributed by atoms with Crippen LogP contribution in [0, 0.1) is 5.82 Å². The maximum atomic E-state index is 13.5. The van der Waals surface area contributed by atoms with Crippen molar-refractivity contribution in [1.29, 1.82) is 0 Å². The number of hydrogen-bond donors (Lipinski definition) is 1. The monoisotopic (exact) mass is 291 g/mol. The molecule has 1 aliphatic carbocycles. The second kappa shape index (κ2) is 5.39. The summed E-state index contributed by atoms with van der Waals surface area (Å²) in [5, 5.41) is 3.42. The summed E-state index contributed by atoms with van der Waals surface area (Å²) < 4.78 is 13.5. The largest absolute Gasteiger partial charge is 0.320 e. The van der Waals surface area contributed by atoms with Crippen molar-refractivity contribution in [2.45, 2.75) is 31.5 Å². The summed E-state index contributed by atoms with van der Waals surface area (Å²) >= 11 is 0. The van der Waals surface area contributed by atoms with Crippen molar-refractivity contribution in [3.63, 3.8) is 0 Å². The van der Waals surface area contributed by atoms with Crippen LogP contribution in [0.15, 0.2) is 24.3 Å². The van der Waals surface area contributed by atoms with E-state index in [2.05, 4.69) is 17.1 Å². The van der Waals surface area contributed by atoms with Crippen molar-refractivity contribution in [2.75, 3.05) is 26.7 Å². The molecule has 1 aliphatic heterocycles. The van der Waals surface area contributed by atoms with Crippen molar-refractivity contribution >= 4 is 5.91 Å². The van der Waals surface area contributed by atoms with Gasteiger partial charge in [-0.05, 0) is 44.1 Å². The molecule has 0 radical (unpaired) electrons. The number of carbonyl (C=O) groups excluding carboxylic acids is 1. The Morgan fingerprint density at radius 2 is 2.24 bits per heavy atom. The second-order valence-corrected chi connectivity index (χ2v) is 6.08. The quantitative estimate of drug-likeness (QED) is 0.897. The van der Waals surface area contributed by atoms with Crippen LogP contribution in [0.5, 0.6) is 0 Å². The molecule has 1 N–H and O–H groups in total. The molecular formula is C16H22FN3O. The molecule has 3 rings (SSSR count). The maximum absolute atomic E-state index is 13.5. The van der Waals surface area contributed by atoms with Crippen molar-refractivity contribution in [2.24, 2.45) is 0 Å². The maximum Gasteiger partial charge on any atom is 0.244 e. The van der Waals surface area contributed by atoms with E-state index in [9.17, 15) is 9.18 Å². The van der Waals surface area contributed by atoms with Crippen LogP contribution in [-0.2, 0) is 4.79 Å². The van der Waals surface area contributed by atoms with E-state index in [-0.39, 0.29) is 23.4 Å². The first kappa shape index (κ1) is 14.5. The van der Waals surface area contributed by atoms with Gasteiger partial charge in [0.25, 0.3) is 0 Å². The third-order valence-corrected chi connectivity index (χ3v) is 4.57. The Kier molecular flexibility index (Phi) is 3.71.